The lowest BCUT2D eigenvalue weighted by atomic mass is 10.1. The highest BCUT2D eigenvalue weighted by Gasteiger charge is 2.12. The summed E-state index contributed by atoms with van der Waals surface area (Å²) in [5.41, 5.74) is 4.91. The van der Waals surface area contributed by atoms with Crippen LogP contribution in [-0.4, -0.2) is 38.5 Å². The molecule has 0 radical (unpaired) electrons. The minimum Gasteiger partial charge on any atom is -0.497 e. The van der Waals surface area contributed by atoms with E-state index in [0.29, 0.717) is 24.7 Å². The number of nitrogens with zero attached hydrogens (tertiary/aromatic N) is 1. The number of anilines is 1. The Kier molecular flexibility index (Phi) is 5.58. The number of carbonyl (C=O) groups excluding carboxylic acids is 1. The molecule has 0 unspecified atom stereocenters. The molecule has 7 nitrogen and oxygen atoms in total. The van der Waals surface area contributed by atoms with Gasteiger partial charge in [-0.15, -0.1) is 0 Å². The Bertz CT molecular complexity index is 803. The Morgan fingerprint density at radius 3 is 2.58 bits per heavy atom. The van der Waals surface area contributed by atoms with E-state index in [2.05, 4.69) is 15.8 Å². The molecular weight excluding hydrogens is 334 g/mol. The Labute approximate surface area is 152 Å². The van der Waals surface area contributed by atoms with Crippen LogP contribution in [0.25, 0.3) is 0 Å². The summed E-state index contributed by atoms with van der Waals surface area (Å²) in [7, 11) is 1.61. The molecule has 0 aromatic heterocycles. The fourth-order valence-electron chi connectivity index (χ4n) is 2.41. The number of hydrogen-bond acceptors (Lipinski definition) is 6. The van der Waals surface area contributed by atoms with Crippen molar-refractivity contribution in [3.63, 3.8) is 0 Å². The average molecular weight is 355 g/mol. The maximum absolute atomic E-state index is 12.0. The molecule has 2 N–H and O–H groups in total. The van der Waals surface area contributed by atoms with Gasteiger partial charge < -0.3 is 19.5 Å². The summed E-state index contributed by atoms with van der Waals surface area (Å²) in [5.74, 6) is 1.94. The van der Waals surface area contributed by atoms with Crippen molar-refractivity contribution in [1.29, 1.82) is 0 Å². The largest absolute Gasteiger partial charge is 0.497 e. The molecule has 2 aromatic rings. The van der Waals surface area contributed by atoms with Crippen LogP contribution in [0.15, 0.2) is 47.6 Å². The number of amides is 1. The molecule has 0 spiro atoms. The SMILES string of the molecule is COc1ccc(NCC(=O)N/N=C(\C)c2ccc3c(c2)OCCO3)cc1. The minimum absolute atomic E-state index is 0.115. The summed E-state index contributed by atoms with van der Waals surface area (Å²) in [4.78, 5) is 12.0. The van der Waals surface area contributed by atoms with Crippen LogP contribution < -0.4 is 25.0 Å². The van der Waals surface area contributed by atoms with Crippen molar-refractivity contribution >= 4 is 17.3 Å². The first-order chi connectivity index (χ1) is 12.7. The number of rotatable bonds is 6. The van der Waals surface area contributed by atoms with Gasteiger partial charge in [0.1, 0.15) is 19.0 Å². The molecular formula is C19H21N3O4. The maximum Gasteiger partial charge on any atom is 0.259 e. The average Bonchev–Trinajstić information content (AvgIpc) is 2.70. The minimum atomic E-state index is -0.238. The van der Waals surface area contributed by atoms with Gasteiger partial charge in [0.05, 0.1) is 19.4 Å². The van der Waals surface area contributed by atoms with Crippen LogP contribution in [0.4, 0.5) is 5.69 Å². The van der Waals surface area contributed by atoms with E-state index in [1.165, 1.54) is 0 Å². The fourth-order valence-corrected chi connectivity index (χ4v) is 2.41. The molecule has 3 rings (SSSR count). The Morgan fingerprint density at radius 1 is 1.12 bits per heavy atom. The van der Waals surface area contributed by atoms with E-state index in [0.717, 1.165) is 22.7 Å². The first-order valence-corrected chi connectivity index (χ1v) is 8.27. The first-order valence-electron chi connectivity index (χ1n) is 8.27. The number of fused-ring (bicyclic) bond motifs is 1. The Balaban J connectivity index is 1.53. The second-order valence-corrected chi connectivity index (χ2v) is 5.67. The molecule has 7 heteroatoms. The van der Waals surface area contributed by atoms with E-state index in [9.17, 15) is 4.79 Å². The summed E-state index contributed by atoms with van der Waals surface area (Å²) >= 11 is 0. The number of methoxy groups -OCH3 is 1. The zero-order valence-corrected chi connectivity index (χ0v) is 14.7. The second-order valence-electron chi connectivity index (χ2n) is 5.67. The number of hydrazone groups is 1. The van der Waals surface area contributed by atoms with Gasteiger partial charge >= 0.3 is 0 Å². The third kappa shape index (κ3) is 4.44. The third-order valence-electron chi connectivity index (χ3n) is 3.85. The summed E-state index contributed by atoms with van der Waals surface area (Å²) in [6.45, 7) is 3.02. The topological polar surface area (TPSA) is 81.2 Å². The van der Waals surface area contributed by atoms with Crippen molar-refractivity contribution in [1.82, 2.24) is 5.43 Å². The highest BCUT2D eigenvalue weighted by molar-refractivity contribution is 6.00. The highest BCUT2D eigenvalue weighted by atomic mass is 16.6. The normalized spacial score (nSPS) is 13.1. The van der Waals surface area contributed by atoms with Gasteiger partial charge in [-0.1, -0.05) is 0 Å². The summed E-state index contributed by atoms with van der Waals surface area (Å²) in [6.07, 6.45) is 0. The van der Waals surface area contributed by atoms with Crippen LogP contribution >= 0.6 is 0 Å². The van der Waals surface area contributed by atoms with Crippen molar-refractivity contribution in [3.05, 3.63) is 48.0 Å². The highest BCUT2D eigenvalue weighted by Crippen LogP contribution is 2.30. The molecule has 0 atom stereocenters. The molecule has 26 heavy (non-hydrogen) atoms. The first kappa shape index (κ1) is 17.6. The van der Waals surface area contributed by atoms with Crippen LogP contribution in [0.3, 0.4) is 0 Å². The summed E-state index contributed by atoms with van der Waals surface area (Å²) in [6, 6.07) is 12.9. The molecule has 0 aliphatic carbocycles. The van der Waals surface area contributed by atoms with Crippen molar-refractivity contribution in [2.75, 3.05) is 32.2 Å². The van der Waals surface area contributed by atoms with E-state index in [1.807, 2.05) is 49.4 Å². The van der Waals surface area contributed by atoms with Crippen LogP contribution in [0.1, 0.15) is 12.5 Å². The van der Waals surface area contributed by atoms with Crippen LogP contribution in [0.5, 0.6) is 17.2 Å². The fraction of sp³-hybridized carbons (Fsp3) is 0.263. The molecule has 1 heterocycles. The molecule has 1 aliphatic rings. The van der Waals surface area contributed by atoms with Gasteiger partial charge in [-0.2, -0.15) is 5.10 Å². The Morgan fingerprint density at radius 2 is 1.85 bits per heavy atom. The smallest absolute Gasteiger partial charge is 0.259 e. The number of carbonyl (C=O) groups is 1. The van der Waals surface area contributed by atoms with Crippen molar-refractivity contribution in [3.8, 4) is 17.2 Å². The zero-order chi connectivity index (χ0) is 18.4. The Hall–Kier alpha value is -3.22. The predicted octanol–water partition coefficient (Wildman–Crippen LogP) is 2.42. The molecule has 1 aliphatic heterocycles. The molecule has 0 fully saturated rings. The van der Waals surface area contributed by atoms with E-state index in [-0.39, 0.29) is 12.5 Å². The van der Waals surface area contributed by atoms with Gasteiger partial charge in [-0.05, 0) is 49.4 Å². The molecule has 0 saturated heterocycles. The molecule has 0 saturated carbocycles. The molecule has 2 aromatic carbocycles. The predicted molar refractivity (Wildman–Crippen MR) is 99.3 cm³/mol. The van der Waals surface area contributed by atoms with E-state index >= 15 is 0 Å². The maximum atomic E-state index is 12.0. The molecule has 1 amide bonds. The quantitative estimate of drug-likeness (QED) is 0.614. The lowest BCUT2D eigenvalue weighted by molar-refractivity contribution is -0.119. The van der Waals surface area contributed by atoms with Crippen LogP contribution in [0.2, 0.25) is 0 Å². The number of ether oxygens (including phenoxy) is 3. The molecule has 0 bridgehead atoms. The van der Waals surface area contributed by atoms with Crippen molar-refractivity contribution < 1.29 is 19.0 Å². The van der Waals surface area contributed by atoms with Crippen molar-refractivity contribution in [2.24, 2.45) is 5.10 Å². The van der Waals surface area contributed by atoms with Gasteiger partial charge in [0.15, 0.2) is 11.5 Å². The number of benzene rings is 2. The lowest BCUT2D eigenvalue weighted by Gasteiger charge is -2.18. The van der Waals surface area contributed by atoms with E-state index in [4.69, 9.17) is 14.2 Å². The lowest BCUT2D eigenvalue weighted by Crippen LogP contribution is -2.26. The van der Waals surface area contributed by atoms with Crippen LogP contribution in [-0.2, 0) is 4.79 Å². The summed E-state index contributed by atoms with van der Waals surface area (Å²) in [5, 5.41) is 7.17. The number of nitrogens with one attached hydrogen (secondary N) is 2. The van der Waals surface area contributed by atoms with Crippen LogP contribution in [0, 0.1) is 0 Å². The van der Waals surface area contributed by atoms with Gasteiger partial charge in [0, 0.05) is 11.3 Å². The zero-order valence-electron chi connectivity index (χ0n) is 14.7. The summed E-state index contributed by atoms with van der Waals surface area (Å²) < 4.78 is 16.1. The van der Waals surface area contributed by atoms with Gasteiger partial charge in [-0.3, -0.25) is 4.79 Å². The van der Waals surface area contributed by atoms with Gasteiger partial charge in [0.25, 0.3) is 5.91 Å². The standard InChI is InChI=1S/C19H21N3O4/c1-13(14-3-8-17-18(11-14)26-10-9-25-17)21-22-19(23)12-20-15-4-6-16(24-2)7-5-15/h3-8,11,20H,9-10,12H2,1-2H3,(H,22,23)/b21-13+. The second kappa shape index (κ2) is 8.24. The number of hydrogen-bond donors (Lipinski definition) is 2. The molecule has 136 valence electrons. The third-order valence-corrected chi connectivity index (χ3v) is 3.85. The van der Waals surface area contributed by atoms with Crippen molar-refractivity contribution in [2.45, 2.75) is 6.92 Å². The van der Waals surface area contributed by atoms with Gasteiger partial charge in [0.2, 0.25) is 0 Å². The monoisotopic (exact) mass is 355 g/mol. The van der Waals surface area contributed by atoms with E-state index in [1.54, 1.807) is 7.11 Å². The van der Waals surface area contributed by atoms with E-state index < -0.39 is 0 Å². The van der Waals surface area contributed by atoms with Gasteiger partial charge in [-0.25, -0.2) is 5.43 Å².